The second-order valence-corrected chi connectivity index (χ2v) is 4.72. The number of benzene rings is 2. The maximum atomic E-state index is 13.6. The van der Waals surface area contributed by atoms with Gasteiger partial charge in [-0.25, -0.2) is 4.39 Å². The smallest absolute Gasteiger partial charge is 0.248 e. The first-order valence-electron chi connectivity index (χ1n) is 6.48. The number of nitrogens with two attached hydrogens (primary N) is 1. The van der Waals surface area contributed by atoms with Gasteiger partial charge in [0.2, 0.25) is 5.91 Å². The number of carbonyl (C=O) groups excluding carboxylic acids is 1. The van der Waals surface area contributed by atoms with Crippen LogP contribution in [0.15, 0.2) is 36.4 Å². The number of primary amides is 1. The van der Waals surface area contributed by atoms with Crippen LogP contribution in [-0.2, 0) is 6.54 Å². The van der Waals surface area contributed by atoms with Crippen LogP contribution in [-0.4, -0.2) is 13.0 Å². The van der Waals surface area contributed by atoms with Gasteiger partial charge in [-0.2, -0.15) is 0 Å². The lowest BCUT2D eigenvalue weighted by Gasteiger charge is -2.11. The largest absolute Gasteiger partial charge is 0.494 e. The van der Waals surface area contributed by atoms with Crippen LogP contribution in [0.25, 0.3) is 0 Å². The molecule has 2 rings (SSSR count). The SMILES string of the molecule is COc1ccc(CNc2ccc(C(N)=O)cc2C)cc1F. The van der Waals surface area contributed by atoms with Gasteiger partial charge in [0, 0.05) is 17.8 Å². The quantitative estimate of drug-likeness (QED) is 0.889. The van der Waals surface area contributed by atoms with E-state index in [4.69, 9.17) is 10.5 Å². The van der Waals surface area contributed by atoms with Gasteiger partial charge < -0.3 is 15.8 Å². The molecule has 2 aromatic rings. The molecule has 0 bridgehead atoms. The Labute approximate surface area is 122 Å². The molecule has 0 unspecified atom stereocenters. The molecule has 21 heavy (non-hydrogen) atoms. The summed E-state index contributed by atoms with van der Waals surface area (Å²) in [6.07, 6.45) is 0. The van der Waals surface area contributed by atoms with Gasteiger partial charge in [-0.15, -0.1) is 0 Å². The minimum absolute atomic E-state index is 0.223. The molecule has 2 aromatic carbocycles. The average molecular weight is 288 g/mol. The van der Waals surface area contributed by atoms with Crippen LogP contribution in [0.5, 0.6) is 5.75 Å². The summed E-state index contributed by atoms with van der Waals surface area (Å²) >= 11 is 0. The Morgan fingerprint density at radius 3 is 2.62 bits per heavy atom. The maximum Gasteiger partial charge on any atom is 0.248 e. The van der Waals surface area contributed by atoms with Gasteiger partial charge in [-0.1, -0.05) is 6.07 Å². The lowest BCUT2D eigenvalue weighted by Crippen LogP contribution is -2.11. The Balaban J connectivity index is 2.09. The predicted molar refractivity (Wildman–Crippen MR) is 80.0 cm³/mol. The summed E-state index contributed by atoms with van der Waals surface area (Å²) < 4.78 is 18.5. The van der Waals surface area contributed by atoms with Crippen molar-refractivity contribution >= 4 is 11.6 Å². The predicted octanol–water partition coefficient (Wildman–Crippen LogP) is 2.85. The topological polar surface area (TPSA) is 64.3 Å². The molecule has 0 aliphatic rings. The van der Waals surface area contributed by atoms with Gasteiger partial charge in [0.1, 0.15) is 0 Å². The van der Waals surface area contributed by atoms with Crippen molar-refractivity contribution in [3.63, 3.8) is 0 Å². The number of aryl methyl sites for hydroxylation is 1. The first-order chi connectivity index (χ1) is 10.0. The Morgan fingerprint density at radius 1 is 1.29 bits per heavy atom. The third-order valence-electron chi connectivity index (χ3n) is 3.21. The monoisotopic (exact) mass is 288 g/mol. The van der Waals surface area contributed by atoms with Gasteiger partial charge in [0.15, 0.2) is 11.6 Å². The zero-order valence-electron chi connectivity index (χ0n) is 11.9. The van der Waals surface area contributed by atoms with Gasteiger partial charge in [-0.05, 0) is 48.4 Å². The fourth-order valence-corrected chi connectivity index (χ4v) is 2.03. The Morgan fingerprint density at radius 2 is 2.05 bits per heavy atom. The van der Waals surface area contributed by atoms with Crippen LogP contribution in [0.3, 0.4) is 0 Å². The summed E-state index contributed by atoms with van der Waals surface area (Å²) in [5.41, 5.74) is 8.27. The molecule has 0 aromatic heterocycles. The molecule has 4 nitrogen and oxygen atoms in total. The van der Waals surface area contributed by atoms with Crippen LogP contribution in [0, 0.1) is 12.7 Å². The van der Waals surface area contributed by atoms with Crippen molar-refractivity contribution in [2.75, 3.05) is 12.4 Å². The fraction of sp³-hybridized carbons (Fsp3) is 0.188. The second-order valence-electron chi connectivity index (χ2n) is 4.72. The molecule has 0 atom stereocenters. The molecule has 0 radical (unpaired) electrons. The van der Waals surface area contributed by atoms with Gasteiger partial charge in [0.05, 0.1) is 7.11 Å². The van der Waals surface area contributed by atoms with Crippen molar-refractivity contribution < 1.29 is 13.9 Å². The Hall–Kier alpha value is -2.56. The highest BCUT2D eigenvalue weighted by Crippen LogP contribution is 2.20. The molecule has 0 saturated carbocycles. The summed E-state index contributed by atoms with van der Waals surface area (Å²) in [7, 11) is 1.43. The van der Waals surface area contributed by atoms with Crippen LogP contribution in [0.1, 0.15) is 21.5 Å². The minimum atomic E-state index is -0.457. The first-order valence-corrected chi connectivity index (χ1v) is 6.48. The first kappa shape index (κ1) is 14.8. The molecule has 0 aliphatic carbocycles. The number of rotatable bonds is 5. The number of hydrogen-bond acceptors (Lipinski definition) is 3. The van der Waals surface area contributed by atoms with Crippen molar-refractivity contribution in [1.82, 2.24) is 0 Å². The van der Waals surface area contributed by atoms with Crippen molar-refractivity contribution in [2.24, 2.45) is 5.73 Å². The van der Waals surface area contributed by atoms with Gasteiger partial charge >= 0.3 is 0 Å². The highest BCUT2D eigenvalue weighted by atomic mass is 19.1. The number of anilines is 1. The van der Waals surface area contributed by atoms with E-state index in [1.54, 1.807) is 30.3 Å². The van der Waals surface area contributed by atoms with E-state index >= 15 is 0 Å². The third kappa shape index (κ3) is 3.51. The van der Waals surface area contributed by atoms with Crippen LogP contribution in [0.4, 0.5) is 10.1 Å². The zero-order valence-corrected chi connectivity index (χ0v) is 11.9. The van der Waals surface area contributed by atoms with E-state index in [0.717, 1.165) is 16.8 Å². The van der Waals surface area contributed by atoms with Gasteiger partial charge in [0.25, 0.3) is 0 Å². The van der Waals surface area contributed by atoms with Crippen molar-refractivity contribution in [2.45, 2.75) is 13.5 Å². The van der Waals surface area contributed by atoms with Gasteiger partial charge in [-0.3, -0.25) is 4.79 Å². The van der Waals surface area contributed by atoms with E-state index in [0.29, 0.717) is 12.1 Å². The molecule has 0 heterocycles. The molecule has 0 aliphatic heterocycles. The summed E-state index contributed by atoms with van der Waals surface area (Å²) in [6, 6.07) is 9.98. The number of amides is 1. The van der Waals surface area contributed by atoms with Crippen LogP contribution >= 0.6 is 0 Å². The van der Waals surface area contributed by atoms with Crippen molar-refractivity contribution in [3.05, 3.63) is 58.9 Å². The molecule has 5 heteroatoms. The Kier molecular flexibility index (Phi) is 4.42. The standard InChI is InChI=1S/C16H17FN2O2/c1-10-7-12(16(18)20)4-5-14(10)19-9-11-3-6-15(21-2)13(17)8-11/h3-8,19H,9H2,1-2H3,(H2,18,20). The van der Waals surface area contributed by atoms with Crippen LogP contribution < -0.4 is 15.8 Å². The maximum absolute atomic E-state index is 13.6. The van der Waals surface area contributed by atoms with E-state index < -0.39 is 11.7 Å². The lowest BCUT2D eigenvalue weighted by molar-refractivity contribution is 0.1000. The summed E-state index contributed by atoms with van der Waals surface area (Å²) in [5.74, 6) is -0.625. The van der Waals surface area contributed by atoms with E-state index in [-0.39, 0.29) is 5.75 Å². The third-order valence-corrected chi connectivity index (χ3v) is 3.21. The molecule has 0 saturated heterocycles. The van der Waals surface area contributed by atoms with E-state index in [1.165, 1.54) is 13.2 Å². The summed E-state index contributed by atoms with van der Waals surface area (Å²) in [4.78, 5) is 11.1. The van der Waals surface area contributed by atoms with Crippen molar-refractivity contribution in [1.29, 1.82) is 0 Å². The second kappa shape index (κ2) is 6.26. The number of hydrogen-bond donors (Lipinski definition) is 2. The summed E-state index contributed by atoms with van der Waals surface area (Å²) in [6.45, 7) is 2.35. The molecule has 110 valence electrons. The number of halogens is 1. The molecule has 0 fully saturated rings. The minimum Gasteiger partial charge on any atom is -0.494 e. The number of methoxy groups -OCH3 is 1. The molecule has 0 spiro atoms. The highest BCUT2D eigenvalue weighted by Gasteiger charge is 2.06. The molecule has 1 amide bonds. The van der Waals surface area contributed by atoms with E-state index in [9.17, 15) is 9.18 Å². The number of ether oxygens (including phenoxy) is 1. The highest BCUT2D eigenvalue weighted by molar-refractivity contribution is 5.93. The summed E-state index contributed by atoms with van der Waals surface area (Å²) in [5, 5.41) is 3.20. The lowest BCUT2D eigenvalue weighted by atomic mass is 10.1. The Bertz CT molecular complexity index is 671. The fourth-order valence-electron chi connectivity index (χ4n) is 2.03. The number of carbonyl (C=O) groups is 1. The molecule has 3 N–H and O–H groups in total. The zero-order chi connectivity index (χ0) is 15.4. The van der Waals surface area contributed by atoms with Crippen molar-refractivity contribution in [3.8, 4) is 5.75 Å². The molecular weight excluding hydrogens is 271 g/mol. The normalized spacial score (nSPS) is 10.2. The van der Waals surface area contributed by atoms with E-state index in [1.807, 2.05) is 6.92 Å². The van der Waals surface area contributed by atoms with Crippen LogP contribution in [0.2, 0.25) is 0 Å². The molecular formula is C16H17FN2O2. The number of nitrogens with one attached hydrogen (secondary N) is 1. The average Bonchev–Trinajstić information content (AvgIpc) is 2.46. The van der Waals surface area contributed by atoms with E-state index in [2.05, 4.69) is 5.32 Å².